The van der Waals surface area contributed by atoms with Crippen LogP contribution >= 0.6 is 15.9 Å². The predicted octanol–water partition coefficient (Wildman–Crippen LogP) is 3.41. The van der Waals surface area contributed by atoms with Gasteiger partial charge in [0.2, 0.25) is 10.0 Å². The highest BCUT2D eigenvalue weighted by molar-refractivity contribution is 9.10. The second kappa shape index (κ2) is 9.47. The Hall–Kier alpha value is -2.30. The van der Waals surface area contributed by atoms with Gasteiger partial charge in [0.05, 0.1) is 16.1 Å². The van der Waals surface area contributed by atoms with Crippen LogP contribution in [0.2, 0.25) is 0 Å². The molecule has 1 amide bonds. The van der Waals surface area contributed by atoms with Crippen LogP contribution < -0.4 is 5.32 Å². The van der Waals surface area contributed by atoms with Crippen molar-refractivity contribution in [2.45, 2.75) is 24.8 Å². The van der Waals surface area contributed by atoms with E-state index in [1.165, 1.54) is 47.8 Å². The Bertz CT molecular complexity index is 1030. The van der Waals surface area contributed by atoms with Gasteiger partial charge in [0, 0.05) is 17.6 Å². The topological polar surface area (TPSA) is 92.8 Å². The first kappa shape index (κ1) is 23.0. The van der Waals surface area contributed by atoms with Gasteiger partial charge in [-0.05, 0) is 50.2 Å². The van der Waals surface area contributed by atoms with Crippen LogP contribution in [0.15, 0.2) is 51.8 Å². The standard InChI is InChI=1S/C19H20BrFN2O5S/c1-12(2)23(3)29(26,27)15-6-4-5-13(9-15)19(25)28-11-18(24)22-17-8-7-14(20)10-16(17)21/h4-10,12H,11H2,1-3H3,(H,22,24). The first-order chi connectivity index (χ1) is 13.5. The highest BCUT2D eigenvalue weighted by Crippen LogP contribution is 2.20. The zero-order chi connectivity index (χ0) is 21.8. The Balaban J connectivity index is 2.05. The van der Waals surface area contributed by atoms with Crippen LogP contribution in [0.1, 0.15) is 24.2 Å². The van der Waals surface area contributed by atoms with Gasteiger partial charge in [0.25, 0.3) is 5.91 Å². The molecule has 0 radical (unpaired) electrons. The van der Waals surface area contributed by atoms with E-state index in [1.807, 2.05) is 0 Å². The summed E-state index contributed by atoms with van der Waals surface area (Å²) in [5.74, 6) is -2.25. The van der Waals surface area contributed by atoms with Crippen LogP contribution in [0, 0.1) is 5.82 Å². The minimum atomic E-state index is -3.77. The molecule has 0 heterocycles. The number of esters is 1. The normalized spacial score (nSPS) is 11.6. The largest absolute Gasteiger partial charge is 0.452 e. The number of rotatable bonds is 7. The van der Waals surface area contributed by atoms with Crippen molar-refractivity contribution in [2.75, 3.05) is 19.0 Å². The third kappa shape index (κ3) is 5.84. The lowest BCUT2D eigenvalue weighted by molar-refractivity contribution is -0.119. The third-order valence-electron chi connectivity index (χ3n) is 4.01. The average molecular weight is 487 g/mol. The number of sulfonamides is 1. The van der Waals surface area contributed by atoms with Crippen molar-refractivity contribution >= 4 is 43.5 Å². The lowest BCUT2D eigenvalue weighted by Gasteiger charge is -2.21. The van der Waals surface area contributed by atoms with Crippen LogP contribution in [0.4, 0.5) is 10.1 Å². The third-order valence-corrected chi connectivity index (χ3v) is 6.54. The van der Waals surface area contributed by atoms with Gasteiger partial charge in [0.1, 0.15) is 5.82 Å². The number of carbonyl (C=O) groups is 2. The summed E-state index contributed by atoms with van der Waals surface area (Å²) in [6.07, 6.45) is 0. The van der Waals surface area contributed by atoms with E-state index in [0.29, 0.717) is 4.47 Å². The molecule has 0 unspecified atom stereocenters. The molecule has 29 heavy (non-hydrogen) atoms. The monoisotopic (exact) mass is 486 g/mol. The van der Waals surface area contributed by atoms with E-state index in [9.17, 15) is 22.4 Å². The summed E-state index contributed by atoms with van der Waals surface area (Å²) in [7, 11) is -2.33. The number of carbonyl (C=O) groups excluding carboxylic acids is 2. The SMILES string of the molecule is CC(C)N(C)S(=O)(=O)c1cccc(C(=O)OCC(=O)Nc2ccc(Br)cc2F)c1. The number of amides is 1. The van der Waals surface area contributed by atoms with E-state index >= 15 is 0 Å². The van der Waals surface area contributed by atoms with Crippen molar-refractivity contribution in [2.24, 2.45) is 0 Å². The number of nitrogens with one attached hydrogen (secondary N) is 1. The summed E-state index contributed by atoms with van der Waals surface area (Å²) in [5.41, 5.74) is -0.0788. The molecule has 0 aromatic heterocycles. The maximum atomic E-state index is 13.7. The molecule has 1 N–H and O–H groups in total. The Labute approximate surface area is 177 Å². The second-order valence-corrected chi connectivity index (χ2v) is 9.30. The molecule has 0 aliphatic heterocycles. The van der Waals surface area contributed by atoms with E-state index in [4.69, 9.17) is 4.74 Å². The number of nitrogens with zero attached hydrogens (tertiary/aromatic N) is 1. The Morgan fingerprint density at radius 3 is 2.52 bits per heavy atom. The molecule has 2 aromatic rings. The summed E-state index contributed by atoms with van der Waals surface area (Å²) in [5, 5.41) is 2.29. The molecule has 0 fully saturated rings. The van der Waals surface area contributed by atoms with E-state index < -0.39 is 34.3 Å². The number of anilines is 1. The molecule has 2 aromatic carbocycles. The highest BCUT2D eigenvalue weighted by Gasteiger charge is 2.24. The quantitative estimate of drug-likeness (QED) is 0.605. The molecule has 0 aliphatic carbocycles. The fourth-order valence-corrected chi connectivity index (χ4v) is 3.97. The molecule has 0 saturated heterocycles. The Morgan fingerprint density at radius 2 is 1.90 bits per heavy atom. The van der Waals surface area contributed by atoms with Gasteiger partial charge in [-0.25, -0.2) is 17.6 Å². The fraction of sp³-hybridized carbons (Fsp3) is 0.263. The first-order valence-electron chi connectivity index (χ1n) is 8.52. The molecule has 10 heteroatoms. The molecule has 0 saturated carbocycles. The number of halogens is 2. The molecule has 0 atom stereocenters. The minimum Gasteiger partial charge on any atom is -0.452 e. The van der Waals surface area contributed by atoms with Crippen molar-refractivity contribution < 1.29 is 27.1 Å². The van der Waals surface area contributed by atoms with E-state index in [2.05, 4.69) is 21.2 Å². The molecular weight excluding hydrogens is 467 g/mol. The van der Waals surface area contributed by atoms with Gasteiger partial charge in [-0.2, -0.15) is 4.31 Å². The number of benzene rings is 2. The van der Waals surface area contributed by atoms with Crippen LogP contribution in [-0.2, 0) is 19.6 Å². The molecule has 156 valence electrons. The van der Waals surface area contributed by atoms with Crippen LogP contribution in [0.3, 0.4) is 0 Å². The summed E-state index contributed by atoms with van der Waals surface area (Å²) in [6.45, 7) is 2.79. The van der Waals surface area contributed by atoms with Crippen molar-refractivity contribution in [3.05, 3.63) is 58.3 Å². The lowest BCUT2D eigenvalue weighted by atomic mass is 10.2. The van der Waals surface area contributed by atoms with E-state index in [0.717, 1.165) is 0 Å². The molecule has 7 nitrogen and oxygen atoms in total. The molecular formula is C19H20BrFN2O5S. The highest BCUT2D eigenvalue weighted by atomic mass is 79.9. The van der Waals surface area contributed by atoms with E-state index in [1.54, 1.807) is 19.9 Å². The van der Waals surface area contributed by atoms with Crippen LogP contribution in [0.5, 0.6) is 0 Å². The molecule has 0 aliphatic rings. The zero-order valence-electron chi connectivity index (χ0n) is 16.0. The first-order valence-corrected chi connectivity index (χ1v) is 10.8. The maximum absolute atomic E-state index is 13.7. The molecule has 0 spiro atoms. The summed E-state index contributed by atoms with van der Waals surface area (Å²) in [4.78, 5) is 24.0. The van der Waals surface area contributed by atoms with Crippen molar-refractivity contribution in [1.82, 2.24) is 4.31 Å². The number of hydrogen-bond donors (Lipinski definition) is 1. The van der Waals surface area contributed by atoms with Crippen molar-refractivity contribution in [3.63, 3.8) is 0 Å². The Kier molecular flexibility index (Phi) is 7.50. The van der Waals surface area contributed by atoms with Gasteiger partial charge in [0.15, 0.2) is 6.61 Å². The second-order valence-electron chi connectivity index (χ2n) is 6.39. The van der Waals surface area contributed by atoms with Crippen molar-refractivity contribution in [3.8, 4) is 0 Å². The summed E-state index contributed by atoms with van der Waals surface area (Å²) in [6, 6.07) is 9.17. The minimum absolute atomic E-state index is 0.0224. The van der Waals surface area contributed by atoms with Gasteiger partial charge in [-0.15, -0.1) is 0 Å². The lowest BCUT2D eigenvalue weighted by Crippen LogP contribution is -2.33. The molecule has 2 rings (SSSR count). The smallest absolute Gasteiger partial charge is 0.338 e. The maximum Gasteiger partial charge on any atom is 0.338 e. The zero-order valence-corrected chi connectivity index (χ0v) is 18.4. The predicted molar refractivity (Wildman–Crippen MR) is 110 cm³/mol. The summed E-state index contributed by atoms with van der Waals surface area (Å²) < 4.78 is 45.4. The van der Waals surface area contributed by atoms with Gasteiger partial charge >= 0.3 is 5.97 Å². The van der Waals surface area contributed by atoms with Crippen LogP contribution in [0.25, 0.3) is 0 Å². The van der Waals surface area contributed by atoms with Gasteiger partial charge < -0.3 is 10.1 Å². The van der Waals surface area contributed by atoms with Gasteiger partial charge in [-0.3, -0.25) is 4.79 Å². The Morgan fingerprint density at radius 1 is 1.21 bits per heavy atom. The fourth-order valence-electron chi connectivity index (χ4n) is 2.22. The van der Waals surface area contributed by atoms with E-state index in [-0.39, 0.29) is 22.2 Å². The number of hydrogen-bond acceptors (Lipinski definition) is 5. The average Bonchev–Trinajstić information content (AvgIpc) is 2.67. The number of ether oxygens (including phenoxy) is 1. The van der Waals surface area contributed by atoms with Gasteiger partial charge in [-0.1, -0.05) is 22.0 Å². The summed E-state index contributed by atoms with van der Waals surface area (Å²) >= 11 is 3.11. The van der Waals surface area contributed by atoms with Crippen molar-refractivity contribution in [1.29, 1.82) is 0 Å². The van der Waals surface area contributed by atoms with Crippen LogP contribution in [-0.4, -0.2) is 44.3 Å². The molecule has 0 bridgehead atoms.